The van der Waals surface area contributed by atoms with Gasteiger partial charge in [-0.1, -0.05) is 25.1 Å². The minimum Gasteiger partial charge on any atom is -0.297 e. The van der Waals surface area contributed by atoms with Crippen LogP contribution in [-0.4, -0.2) is 17.3 Å². The second-order valence-electron chi connectivity index (χ2n) is 3.55. The largest absolute Gasteiger partial charge is 0.297 e. The molecule has 2 nitrogen and oxygen atoms in total. The molecule has 0 saturated carbocycles. The molecule has 1 amide bonds. The highest BCUT2D eigenvalue weighted by Gasteiger charge is 2.22. The Kier molecular flexibility index (Phi) is 5.10. The molecule has 4 heteroatoms. The van der Waals surface area contributed by atoms with Crippen molar-refractivity contribution in [2.24, 2.45) is 0 Å². The average Bonchev–Trinajstić information content (AvgIpc) is 2.31. The lowest BCUT2D eigenvalue weighted by Gasteiger charge is -2.23. The van der Waals surface area contributed by atoms with Gasteiger partial charge in [-0.2, -0.15) is 0 Å². The molecule has 0 spiro atoms. The molecule has 1 atom stereocenters. The van der Waals surface area contributed by atoms with Crippen LogP contribution in [0, 0.1) is 6.92 Å². The highest BCUT2D eigenvalue weighted by Crippen LogP contribution is 2.22. The molecule has 0 heterocycles. The van der Waals surface area contributed by atoms with E-state index in [-0.39, 0.29) is 11.9 Å². The maximum atomic E-state index is 12.0. The molecule has 1 aromatic carbocycles. The van der Waals surface area contributed by atoms with E-state index in [0.29, 0.717) is 6.42 Å². The lowest BCUT2D eigenvalue weighted by molar-refractivity contribution is -0.118. The highest BCUT2D eigenvalue weighted by molar-refractivity contribution is 6.34. The lowest BCUT2D eigenvalue weighted by Crippen LogP contribution is -2.36. The van der Waals surface area contributed by atoms with Gasteiger partial charge in [-0.3, -0.25) is 9.69 Å². The van der Waals surface area contributed by atoms with Crippen LogP contribution in [0.1, 0.15) is 18.9 Å². The zero-order valence-electron chi connectivity index (χ0n) is 9.41. The van der Waals surface area contributed by atoms with E-state index in [2.05, 4.69) is 0 Å². The van der Waals surface area contributed by atoms with Crippen molar-refractivity contribution in [1.82, 2.24) is 0 Å². The summed E-state index contributed by atoms with van der Waals surface area (Å²) >= 11 is 11.8. The third kappa shape index (κ3) is 2.89. The first-order valence-electron chi connectivity index (χ1n) is 5.18. The number of hydrogen-bond donors (Lipinski definition) is 0. The Labute approximate surface area is 106 Å². The molecule has 16 heavy (non-hydrogen) atoms. The van der Waals surface area contributed by atoms with Crippen molar-refractivity contribution in [3.05, 3.63) is 29.8 Å². The van der Waals surface area contributed by atoms with Gasteiger partial charge in [0.1, 0.15) is 11.4 Å². The number of benzene rings is 1. The number of amides is 1. The number of hydrogen-bond acceptors (Lipinski definition) is 1. The van der Waals surface area contributed by atoms with Gasteiger partial charge in [0.25, 0.3) is 0 Å². The van der Waals surface area contributed by atoms with Crippen LogP contribution < -0.4 is 4.90 Å². The Morgan fingerprint density at radius 2 is 2.06 bits per heavy atom. The first-order chi connectivity index (χ1) is 7.61. The summed E-state index contributed by atoms with van der Waals surface area (Å²) in [6.45, 7) is 3.82. The second kappa shape index (κ2) is 6.12. The SMILES string of the molecule is CCC(Cl)C(=O)N(CCl)c1ccccc1C. The second-order valence-corrected chi connectivity index (χ2v) is 4.31. The Bertz CT molecular complexity index is 368. The van der Waals surface area contributed by atoms with Crippen LogP contribution in [0.5, 0.6) is 0 Å². The first kappa shape index (κ1) is 13.3. The van der Waals surface area contributed by atoms with E-state index in [1.165, 1.54) is 4.90 Å². The molecule has 88 valence electrons. The van der Waals surface area contributed by atoms with Crippen LogP contribution in [0.4, 0.5) is 5.69 Å². The van der Waals surface area contributed by atoms with Crippen LogP contribution in [0.15, 0.2) is 24.3 Å². The maximum Gasteiger partial charge on any atom is 0.246 e. The molecule has 0 fully saturated rings. The zero-order valence-corrected chi connectivity index (χ0v) is 10.9. The van der Waals surface area contributed by atoms with Gasteiger partial charge < -0.3 is 0 Å². The molecule has 1 aromatic rings. The van der Waals surface area contributed by atoms with E-state index in [4.69, 9.17) is 23.2 Å². The van der Waals surface area contributed by atoms with Crippen molar-refractivity contribution >= 4 is 34.8 Å². The van der Waals surface area contributed by atoms with Crippen LogP contribution in [0.3, 0.4) is 0 Å². The number of carbonyl (C=O) groups excluding carboxylic acids is 1. The summed E-state index contributed by atoms with van der Waals surface area (Å²) in [6.07, 6.45) is 0.597. The molecule has 0 bridgehead atoms. The Balaban J connectivity index is 2.99. The van der Waals surface area contributed by atoms with Gasteiger partial charge in [-0.25, -0.2) is 0 Å². The van der Waals surface area contributed by atoms with Crippen LogP contribution in [-0.2, 0) is 4.79 Å². The summed E-state index contributed by atoms with van der Waals surface area (Å²) in [5.41, 5.74) is 1.83. The highest BCUT2D eigenvalue weighted by atomic mass is 35.5. The summed E-state index contributed by atoms with van der Waals surface area (Å²) in [5.74, 6) is -0.145. The van der Waals surface area contributed by atoms with Crippen molar-refractivity contribution < 1.29 is 4.79 Å². The monoisotopic (exact) mass is 259 g/mol. The Morgan fingerprint density at radius 1 is 1.44 bits per heavy atom. The van der Waals surface area contributed by atoms with Gasteiger partial charge in [-0.05, 0) is 25.0 Å². The number of halogens is 2. The summed E-state index contributed by atoms with van der Waals surface area (Å²) in [4.78, 5) is 13.5. The normalized spacial score (nSPS) is 12.2. The van der Waals surface area contributed by atoms with E-state index >= 15 is 0 Å². The molecular weight excluding hydrogens is 245 g/mol. The lowest BCUT2D eigenvalue weighted by atomic mass is 10.1. The van der Waals surface area contributed by atoms with Crippen LogP contribution in [0.25, 0.3) is 0 Å². The van der Waals surface area contributed by atoms with Gasteiger partial charge in [0.2, 0.25) is 5.91 Å². The Hall–Kier alpha value is -0.730. The zero-order chi connectivity index (χ0) is 12.1. The van der Waals surface area contributed by atoms with E-state index < -0.39 is 5.38 Å². The minimum absolute atomic E-state index is 0.118. The Morgan fingerprint density at radius 3 is 2.56 bits per heavy atom. The molecule has 0 aliphatic rings. The van der Waals surface area contributed by atoms with Gasteiger partial charge in [0.05, 0.1) is 0 Å². The number of aryl methyl sites for hydroxylation is 1. The third-order valence-electron chi connectivity index (χ3n) is 2.42. The predicted octanol–water partition coefficient (Wildman–Crippen LogP) is 3.54. The summed E-state index contributed by atoms with van der Waals surface area (Å²) in [5, 5.41) is -0.515. The van der Waals surface area contributed by atoms with Gasteiger partial charge in [0, 0.05) is 5.69 Å². The number of rotatable bonds is 4. The summed E-state index contributed by atoms with van der Waals surface area (Å²) < 4.78 is 0. The summed E-state index contributed by atoms with van der Waals surface area (Å²) in [6, 6.07) is 7.73. The van der Waals surface area contributed by atoms with Crippen molar-refractivity contribution in [3.63, 3.8) is 0 Å². The van der Waals surface area contributed by atoms with E-state index in [0.717, 1.165) is 11.3 Å². The fourth-order valence-electron chi connectivity index (χ4n) is 1.45. The smallest absolute Gasteiger partial charge is 0.246 e. The topological polar surface area (TPSA) is 20.3 Å². The number of para-hydroxylation sites is 1. The number of anilines is 1. The van der Waals surface area contributed by atoms with Crippen LogP contribution >= 0.6 is 23.2 Å². The molecular formula is C12H15Cl2NO. The molecule has 0 radical (unpaired) electrons. The standard InChI is InChI=1S/C12H15Cl2NO/c1-3-10(14)12(16)15(8-13)11-7-5-4-6-9(11)2/h4-7,10H,3,8H2,1-2H3. The molecule has 1 unspecified atom stereocenters. The molecule has 0 aliphatic carbocycles. The predicted molar refractivity (Wildman–Crippen MR) is 69.3 cm³/mol. The number of alkyl halides is 2. The molecule has 0 aromatic heterocycles. The van der Waals surface area contributed by atoms with Crippen molar-refractivity contribution in [2.45, 2.75) is 25.6 Å². The molecule has 0 aliphatic heterocycles. The van der Waals surface area contributed by atoms with E-state index in [9.17, 15) is 4.79 Å². The fraction of sp³-hybridized carbons (Fsp3) is 0.417. The van der Waals surface area contributed by atoms with Gasteiger partial charge in [0.15, 0.2) is 0 Å². The number of nitrogens with zero attached hydrogens (tertiary/aromatic N) is 1. The summed E-state index contributed by atoms with van der Waals surface area (Å²) in [7, 11) is 0. The average molecular weight is 260 g/mol. The van der Waals surface area contributed by atoms with Gasteiger partial charge >= 0.3 is 0 Å². The fourth-order valence-corrected chi connectivity index (χ4v) is 1.82. The van der Waals surface area contributed by atoms with Gasteiger partial charge in [-0.15, -0.1) is 23.2 Å². The molecule has 0 N–H and O–H groups in total. The third-order valence-corrected chi connectivity index (χ3v) is 3.15. The molecule has 0 saturated heterocycles. The maximum absolute atomic E-state index is 12.0. The van der Waals surface area contributed by atoms with Crippen LogP contribution in [0.2, 0.25) is 0 Å². The minimum atomic E-state index is -0.515. The first-order valence-corrected chi connectivity index (χ1v) is 6.16. The van der Waals surface area contributed by atoms with Crippen molar-refractivity contribution in [1.29, 1.82) is 0 Å². The van der Waals surface area contributed by atoms with Crippen molar-refractivity contribution in [2.75, 3.05) is 10.9 Å². The molecule has 1 rings (SSSR count). The number of carbonyl (C=O) groups is 1. The van der Waals surface area contributed by atoms with E-state index in [1.54, 1.807) is 0 Å². The van der Waals surface area contributed by atoms with E-state index in [1.807, 2.05) is 38.1 Å². The quantitative estimate of drug-likeness (QED) is 0.599. The van der Waals surface area contributed by atoms with Crippen molar-refractivity contribution in [3.8, 4) is 0 Å².